The Balaban J connectivity index is 1.51. The van der Waals surface area contributed by atoms with E-state index < -0.39 is 10.8 Å². The fourth-order valence-corrected chi connectivity index (χ4v) is 5.03. The van der Waals surface area contributed by atoms with Gasteiger partial charge in [-0.1, -0.05) is 0 Å². The van der Waals surface area contributed by atoms with Crippen LogP contribution in [0.3, 0.4) is 0 Å². The van der Waals surface area contributed by atoms with Crippen LogP contribution in [0.25, 0.3) is 5.57 Å². The molecule has 1 aromatic heterocycles. The SMILES string of the molecule is COc1cc2c(cc1OCc1csc(C)n1)N=C1C=C(c3ccc([N+](=O)[O-])c(OC)c3)CCC1C(=O)N2. The molecule has 1 N–H and O–H groups in total. The van der Waals surface area contributed by atoms with Crippen molar-refractivity contribution < 1.29 is 23.9 Å². The van der Waals surface area contributed by atoms with Gasteiger partial charge >= 0.3 is 5.69 Å². The Hall–Kier alpha value is -4.25. The Labute approximate surface area is 216 Å². The maximum absolute atomic E-state index is 13.1. The van der Waals surface area contributed by atoms with E-state index >= 15 is 0 Å². The molecule has 0 saturated carbocycles. The van der Waals surface area contributed by atoms with Crippen molar-refractivity contribution in [3.63, 3.8) is 0 Å². The summed E-state index contributed by atoms with van der Waals surface area (Å²) >= 11 is 1.55. The lowest BCUT2D eigenvalue weighted by Gasteiger charge is -2.22. The van der Waals surface area contributed by atoms with E-state index in [9.17, 15) is 14.9 Å². The molecule has 0 spiro atoms. The number of aliphatic imine (C=N–C) groups is 1. The number of nitrogens with zero attached hydrogens (tertiary/aromatic N) is 3. The summed E-state index contributed by atoms with van der Waals surface area (Å²) in [5, 5.41) is 17.1. The summed E-state index contributed by atoms with van der Waals surface area (Å²) < 4.78 is 16.7. The third kappa shape index (κ3) is 4.90. The highest BCUT2D eigenvalue weighted by molar-refractivity contribution is 7.09. The summed E-state index contributed by atoms with van der Waals surface area (Å²) in [4.78, 5) is 33.1. The first-order chi connectivity index (χ1) is 17.9. The minimum Gasteiger partial charge on any atom is -0.493 e. The molecule has 1 aliphatic carbocycles. The second-order valence-corrected chi connectivity index (χ2v) is 9.66. The number of benzene rings is 2. The number of aromatic nitrogens is 1. The van der Waals surface area contributed by atoms with E-state index in [2.05, 4.69) is 10.3 Å². The van der Waals surface area contributed by atoms with Crippen molar-refractivity contribution >= 4 is 45.6 Å². The molecule has 5 rings (SSSR count). The van der Waals surface area contributed by atoms with Gasteiger partial charge in [0.05, 0.1) is 52.8 Å². The number of ether oxygens (including phenoxy) is 3. The number of nitro benzene ring substituents is 1. The average Bonchev–Trinajstić information content (AvgIpc) is 3.26. The van der Waals surface area contributed by atoms with Crippen molar-refractivity contribution in [2.24, 2.45) is 10.9 Å². The van der Waals surface area contributed by atoms with Gasteiger partial charge < -0.3 is 19.5 Å². The van der Waals surface area contributed by atoms with E-state index in [-0.39, 0.29) is 24.0 Å². The smallest absolute Gasteiger partial charge is 0.310 e. The van der Waals surface area contributed by atoms with E-state index in [0.717, 1.165) is 21.8 Å². The monoisotopic (exact) mass is 520 g/mol. The summed E-state index contributed by atoms with van der Waals surface area (Å²) in [6.45, 7) is 2.21. The van der Waals surface area contributed by atoms with Gasteiger partial charge in [0, 0.05) is 23.6 Å². The number of fused-ring (bicyclic) bond motifs is 2. The third-order valence-corrected chi connectivity index (χ3v) is 7.10. The zero-order valence-electron chi connectivity index (χ0n) is 20.4. The molecule has 2 aromatic carbocycles. The molecular formula is C26H24N4O6S. The summed E-state index contributed by atoms with van der Waals surface area (Å²) in [5.41, 5.74) is 4.12. The van der Waals surface area contributed by atoms with E-state index in [1.54, 1.807) is 42.7 Å². The molecular weight excluding hydrogens is 496 g/mol. The normalized spacial score (nSPS) is 16.4. The lowest BCUT2D eigenvalue weighted by Crippen LogP contribution is -2.29. The van der Waals surface area contributed by atoms with Crippen LogP contribution < -0.4 is 19.5 Å². The Morgan fingerprint density at radius 3 is 2.68 bits per heavy atom. The van der Waals surface area contributed by atoms with Crippen LogP contribution in [0.1, 0.15) is 29.1 Å². The third-order valence-electron chi connectivity index (χ3n) is 6.28. The van der Waals surface area contributed by atoms with Gasteiger partial charge in [0.2, 0.25) is 5.91 Å². The van der Waals surface area contributed by atoms with Gasteiger partial charge in [-0.2, -0.15) is 0 Å². The molecule has 0 radical (unpaired) electrons. The zero-order chi connectivity index (χ0) is 26.1. The van der Waals surface area contributed by atoms with Gasteiger partial charge in [-0.25, -0.2) is 4.98 Å². The van der Waals surface area contributed by atoms with Crippen molar-refractivity contribution in [3.05, 3.63) is 68.2 Å². The molecule has 11 heteroatoms. The van der Waals surface area contributed by atoms with Crippen molar-refractivity contribution in [2.45, 2.75) is 26.4 Å². The van der Waals surface area contributed by atoms with Gasteiger partial charge in [-0.3, -0.25) is 19.9 Å². The lowest BCUT2D eigenvalue weighted by molar-refractivity contribution is -0.385. The molecule has 10 nitrogen and oxygen atoms in total. The second kappa shape index (κ2) is 10.0. The molecule has 0 saturated heterocycles. The highest BCUT2D eigenvalue weighted by Gasteiger charge is 2.31. The van der Waals surface area contributed by atoms with Crippen molar-refractivity contribution in [1.82, 2.24) is 4.98 Å². The summed E-state index contributed by atoms with van der Waals surface area (Å²) in [5.74, 6) is 0.571. The first-order valence-corrected chi connectivity index (χ1v) is 12.4. The highest BCUT2D eigenvalue weighted by atomic mass is 32.1. The minimum atomic E-state index is -0.478. The summed E-state index contributed by atoms with van der Waals surface area (Å²) in [6.07, 6.45) is 3.04. The molecule has 37 heavy (non-hydrogen) atoms. The van der Waals surface area contributed by atoms with Gasteiger partial charge in [0.1, 0.15) is 6.61 Å². The molecule has 1 unspecified atom stereocenters. The van der Waals surface area contributed by atoms with E-state index in [0.29, 0.717) is 41.4 Å². The predicted molar refractivity (Wildman–Crippen MR) is 140 cm³/mol. The zero-order valence-corrected chi connectivity index (χ0v) is 21.3. The van der Waals surface area contributed by atoms with E-state index in [1.807, 2.05) is 18.4 Å². The van der Waals surface area contributed by atoms with Crippen LogP contribution in [0.2, 0.25) is 0 Å². The largest absolute Gasteiger partial charge is 0.493 e. The van der Waals surface area contributed by atoms with Crippen LogP contribution in [-0.4, -0.2) is 35.7 Å². The first kappa shape index (κ1) is 24.4. The van der Waals surface area contributed by atoms with Crippen molar-refractivity contribution in [3.8, 4) is 17.2 Å². The number of amides is 1. The maximum atomic E-state index is 13.1. The Kier molecular flexibility index (Phi) is 6.62. The first-order valence-electron chi connectivity index (χ1n) is 11.5. The predicted octanol–water partition coefficient (Wildman–Crippen LogP) is 5.47. The van der Waals surface area contributed by atoms with Gasteiger partial charge in [0.25, 0.3) is 0 Å². The number of carbonyl (C=O) groups excluding carboxylic acids is 1. The number of thiazole rings is 1. The molecule has 2 heterocycles. The van der Waals surface area contributed by atoms with Crippen LogP contribution in [-0.2, 0) is 11.4 Å². The number of allylic oxidation sites excluding steroid dienone is 2. The summed E-state index contributed by atoms with van der Waals surface area (Å²) in [7, 11) is 2.94. The number of rotatable bonds is 7. The Morgan fingerprint density at radius 2 is 1.97 bits per heavy atom. The maximum Gasteiger partial charge on any atom is 0.310 e. The molecule has 1 amide bonds. The second-order valence-electron chi connectivity index (χ2n) is 8.60. The van der Waals surface area contributed by atoms with Crippen LogP contribution in [0, 0.1) is 23.0 Å². The molecule has 2 aliphatic rings. The fraction of sp³-hybridized carbons (Fsp3) is 0.269. The number of nitrogens with one attached hydrogen (secondary N) is 1. The molecule has 0 bridgehead atoms. The Bertz CT molecular complexity index is 1460. The van der Waals surface area contributed by atoms with Crippen LogP contribution in [0.15, 0.2) is 46.8 Å². The number of aryl methyl sites for hydroxylation is 1. The number of anilines is 1. The fourth-order valence-electron chi connectivity index (χ4n) is 4.43. The van der Waals surface area contributed by atoms with Crippen molar-refractivity contribution in [2.75, 3.05) is 19.5 Å². The molecule has 1 atom stereocenters. The molecule has 3 aromatic rings. The minimum absolute atomic E-state index is 0.102. The van der Waals surface area contributed by atoms with Crippen LogP contribution in [0.5, 0.6) is 17.2 Å². The quantitative estimate of drug-likeness (QED) is 0.323. The van der Waals surface area contributed by atoms with E-state index in [1.165, 1.54) is 13.2 Å². The molecule has 0 fully saturated rings. The number of carbonyl (C=O) groups is 1. The summed E-state index contributed by atoms with van der Waals surface area (Å²) in [6, 6.07) is 8.22. The number of hydrogen-bond acceptors (Lipinski definition) is 9. The standard InChI is InChI=1S/C26H24N4O6S/c1-14-27-17(13-37-14)12-36-25-11-20-21(10-24(25)35-3)29-26(31)18-6-4-15(8-19(18)28-20)16-5-7-22(30(32)33)23(9-16)34-2/h5,7-11,13,18H,4,6,12H2,1-3H3,(H,29,31). The number of nitro groups is 1. The van der Waals surface area contributed by atoms with Crippen molar-refractivity contribution in [1.29, 1.82) is 0 Å². The lowest BCUT2D eigenvalue weighted by atomic mass is 9.84. The molecule has 190 valence electrons. The van der Waals surface area contributed by atoms with E-state index in [4.69, 9.17) is 19.2 Å². The van der Waals surface area contributed by atoms with Gasteiger partial charge in [-0.05, 0) is 49.1 Å². The van der Waals surface area contributed by atoms with Crippen LogP contribution in [0.4, 0.5) is 17.1 Å². The average molecular weight is 521 g/mol. The molecule has 1 aliphatic heterocycles. The van der Waals surface area contributed by atoms with Gasteiger partial charge in [0.15, 0.2) is 17.2 Å². The van der Waals surface area contributed by atoms with Crippen LogP contribution >= 0.6 is 11.3 Å². The number of hydrogen-bond donors (Lipinski definition) is 1. The Morgan fingerprint density at radius 1 is 1.16 bits per heavy atom. The van der Waals surface area contributed by atoms with Gasteiger partial charge in [-0.15, -0.1) is 11.3 Å². The topological polar surface area (TPSA) is 125 Å². The number of methoxy groups -OCH3 is 2. The highest BCUT2D eigenvalue weighted by Crippen LogP contribution is 2.42.